The zero-order chi connectivity index (χ0) is 21.1. The van der Waals surface area contributed by atoms with Crippen LogP contribution in [0.25, 0.3) is 0 Å². The third-order valence-corrected chi connectivity index (χ3v) is 6.23. The van der Waals surface area contributed by atoms with Gasteiger partial charge in [0.25, 0.3) is 11.7 Å². The number of hydrogen-bond donors (Lipinski definition) is 0. The predicted molar refractivity (Wildman–Crippen MR) is 110 cm³/mol. The third-order valence-electron chi connectivity index (χ3n) is 5.53. The standard InChI is InChI=1S/C22H22F2N2O3S/c23-20(24)30-18-8-4-7-17(13-18)19(27)25-11-9-22(10-12-25)15-26(21(28)29-22)14-16-5-2-1-3-6-16/h1-8,13,20H,9-12,14-15H2. The number of piperidine rings is 1. The number of alkyl halides is 2. The van der Waals surface area contributed by atoms with Gasteiger partial charge in [-0.2, -0.15) is 8.78 Å². The minimum Gasteiger partial charge on any atom is -0.441 e. The molecule has 2 aliphatic heterocycles. The van der Waals surface area contributed by atoms with Crippen molar-refractivity contribution in [3.05, 3.63) is 65.7 Å². The fourth-order valence-corrected chi connectivity index (χ4v) is 4.54. The zero-order valence-corrected chi connectivity index (χ0v) is 17.1. The molecule has 2 amide bonds. The van der Waals surface area contributed by atoms with Crippen LogP contribution in [0.1, 0.15) is 28.8 Å². The Hall–Kier alpha value is -2.61. The van der Waals surface area contributed by atoms with Crippen molar-refractivity contribution in [2.75, 3.05) is 19.6 Å². The molecule has 4 rings (SSSR count). The first-order valence-electron chi connectivity index (χ1n) is 9.80. The van der Waals surface area contributed by atoms with Gasteiger partial charge in [0.15, 0.2) is 0 Å². The van der Waals surface area contributed by atoms with Crippen LogP contribution >= 0.6 is 11.8 Å². The molecule has 2 aromatic rings. The van der Waals surface area contributed by atoms with Crippen molar-refractivity contribution in [3.8, 4) is 0 Å². The Balaban J connectivity index is 1.37. The number of amides is 2. The second kappa shape index (κ2) is 8.63. The lowest BCUT2D eigenvalue weighted by atomic mass is 9.91. The Labute approximate surface area is 178 Å². The molecule has 0 N–H and O–H groups in total. The zero-order valence-electron chi connectivity index (χ0n) is 16.3. The number of thioether (sulfide) groups is 1. The topological polar surface area (TPSA) is 49.9 Å². The Kier molecular flexibility index (Phi) is 5.94. The molecule has 0 bridgehead atoms. The minimum atomic E-state index is -2.53. The number of likely N-dealkylation sites (tertiary alicyclic amines) is 1. The van der Waals surface area contributed by atoms with Crippen molar-refractivity contribution in [2.24, 2.45) is 0 Å². The number of rotatable bonds is 5. The van der Waals surface area contributed by atoms with E-state index < -0.39 is 11.4 Å². The van der Waals surface area contributed by atoms with Crippen LogP contribution in [0.2, 0.25) is 0 Å². The second-order valence-corrected chi connectivity index (χ2v) is 8.65. The first-order valence-corrected chi connectivity index (χ1v) is 10.7. The lowest BCUT2D eigenvalue weighted by Crippen LogP contribution is -2.48. The highest BCUT2D eigenvalue weighted by Crippen LogP contribution is 2.34. The van der Waals surface area contributed by atoms with E-state index in [0.29, 0.717) is 61.2 Å². The van der Waals surface area contributed by atoms with Crippen molar-refractivity contribution in [2.45, 2.75) is 35.6 Å². The summed E-state index contributed by atoms with van der Waals surface area (Å²) in [5, 5.41) is 0. The number of benzene rings is 2. The van der Waals surface area contributed by atoms with E-state index >= 15 is 0 Å². The lowest BCUT2D eigenvalue weighted by molar-refractivity contribution is 0.00312. The van der Waals surface area contributed by atoms with Crippen LogP contribution in [0.5, 0.6) is 0 Å². The number of nitrogens with zero attached hydrogens (tertiary/aromatic N) is 2. The van der Waals surface area contributed by atoms with Crippen LogP contribution in [-0.2, 0) is 11.3 Å². The molecule has 2 aliphatic rings. The summed E-state index contributed by atoms with van der Waals surface area (Å²) in [7, 11) is 0. The van der Waals surface area contributed by atoms with E-state index in [1.54, 1.807) is 28.0 Å². The van der Waals surface area contributed by atoms with Crippen molar-refractivity contribution < 1.29 is 23.1 Å². The highest BCUT2D eigenvalue weighted by molar-refractivity contribution is 7.99. The van der Waals surface area contributed by atoms with E-state index in [2.05, 4.69) is 0 Å². The molecule has 2 fully saturated rings. The van der Waals surface area contributed by atoms with Crippen LogP contribution in [0.15, 0.2) is 59.5 Å². The predicted octanol–water partition coefficient (Wildman–Crippen LogP) is 4.63. The van der Waals surface area contributed by atoms with Gasteiger partial charge in [-0.15, -0.1) is 0 Å². The number of halogens is 2. The number of carbonyl (C=O) groups is 2. The van der Waals surface area contributed by atoms with Crippen molar-refractivity contribution in [1.82, 2.24) is 9.80 Å². The molecule has 2 saturated heterocycles. The van der Waals surface area contributed by atoms with E-state index in [-0.39, 0.29) is 12.0 Å². The molecule has 8 heteroatoms. The molecule has 0 aliphatic carbocycles. The average molecular weight is 432 g/mol. The molecule has 0 saturated carbocycles. The van der Waals surface area contributed by atoms with Gasteiger partial charge in [-0.05, 0) is 23.8 Å². The first kappa shape index (κ1) is 20.7. The second-order valence-electron chi connectivity index (χ2n) is 7.59. The highest BCUT2D eigenvalue weighted by Gasteiger charge is 2.47. The molecule has 30 heavy (non-hydrogen) atoms. The maximum Gasteiger partial charge on any atom is 0.410 e. The Morgan fingerprint density at radius 2 is 1.83 bits per heavy atom. The van der Waals surface area contributed by atoms with E-state index in [1.807, 2.05) is 30.3 Å². The highest BCUT2D eigenvalue weighted by atomic mass is 32.2. The largest absolute Gasteiger partial charge is 0.441 e. The quantitative estimate of drug-likeness (QED) is 0.647. The van der Waals surface area contributed by atoms with E-state index in [0.717, 1.165) is 5.56 Å². The van der Waals surface area contributed by atoms with E-state index in [4.69, 9.17) is 4.74 Å². The summed E-state index contributed by atoms with van der Waals surface area (Å²) < 4.78 is 30.9. The van der Waals surface area contributed by atoms with Crippen LogP contribution in [0.3, 0.4) is 0 Å². The van der Waals surface area contributed by atoms with Gasteiger partial charge < -0.3 is 9.64 Å². The SMILES string of the molecule is O=C1OC2(CCN(C(=O)c3cccc(SC(F)F)c3)CC2)CN1Cc1ccccc1. The number of hydrogen-bond acceptors (Lipinski definition) is 4. The summed E-state index contributed by atoms with van der Waals surface area (Å²) in [6.07, 6.45) is 0.790. The molecule has 0 unspecified atom stereocenters. The third kappa shape index (κ3) is 4.59. The van der Waals surface area contributed by atoms with Crippen LogP contribution in [0, 0.1) is 0 Å². The molecule has 1 spiro atoms. The van der Waals surface area contributed by atoms with Gasteiger partial charge in [-0.3, -0.25) is 9.69 Å². The molecule has 2 aromatic carbocycles. The average Bonchev–Trinajstić information content (AvgIpc) is 3.03. The monoisotopic (exact) mass is 432 g/mol. The van der Waals surface area contributed by atoms with Crippen molar-refractivity contribution in [1.29, 1.82) is 0 Å². The smallest absolute Gasteiger partial charge is 0.410 e. The van der Waals surface area contributed by atoms with Gasteiger partial charge in [0.1, 0.15) is 5.60 Å². The normalized spacial score (nSPS) is 18.2. The van der Waals surface area contributed by atoms with Crippen molar-refractivity contribution in [3.63, 3.8) is 0 Å². The lowest BCUT2D eigenvalue weighted by Gasteiger charge is -2.37. The molecule has 0 aromatic heterocycles. The Bertz CT molecular complexity index is 918. The molecule has 2 heterocycles. The molecule has 0 radical (unpaired) electrons. The number of carbonyl (C=O) groups excluding carboxylic acids is 2. The van der Waals surface area contributed by atoms with Crippen molar-refractivity contribution >= 4 is 23.8 Å². The fraction of sp³-hybridized carbons (Fsp3) is 0.364. The number of ether oxygens (including phenoxy) is 1. The Morgan fingerprint density at radius 1 is 1.10 bits per heavy atom. The molecule has 5 nitrogen and oxygen atoms in total. The van der Waals surface area contributed by atoms with Gasteiger partial charge in [0, 0.05) is 42.9 Å². The summed E-state index contributed by atoms with van der Waals surface area (Å²) in [5.74, 6) is -2.71. The van der Waals surface area contributed by atoms with Crippen LogP contribution in [-0.4, -0.2) is 52.8 Å². The molecular weight excluding hydrogens is 410 g/mol. The van der Waals surface area contributed by atoms with E-state index in [1.165, 1.54) is 6.07 Å². The summed E-state index contributed by atoms with van der Waals surface area (Å²) in [5.41, 5.74) is 0.863. The van der Waals surface area contributed by atoms with E-state index in [9.17, 15) is 18.4 Å². The summed E-state index contributed by atoms with van der Waals surface area (Å²) in [4.78, 5) is 29.0. The fourth-order valence-electron chi connectivity index (χ4n) is 3.98. The van der Waals surface area contributed by atoms with Gasteiger partial charge >= 0.3 is 6.09 Å². The Morgan fingerprint density at radius 3 is 2.53 bits per heavy atom. The van der Waals surface area contributed by atoms with Gasteiger partial charge in [-0.1, -0.05) is 48.2 Å². The summed E-state index contributed by atoms with van der Waals surface area (Å²) in [6.45, 7) is 1.91. The minimum absolute atomic E-state index is 0.188. The first-order chi connectivity index (χ1) is 14.4. The molecule has 0 atom stereocenters. The molecule has 158 valence electrons. The van der Waals surface area contributed by atoms with Gasteiger partial charge in [0.05, 0.1) is 6.54 Å². The summed E-state index contributed by atoms with van der Waals surface area (Å²) >= 11 is 0.426. The van der Waals surface area contributed by atoms with Gasteiger partial charge in [0.2, 0.25) is 0 Å². The van der Waals surface area contributed by atoms with Crippen LogP contribution < -0.4 is 0 Å². The maximum atomic E-state index is 12.8. The maximum absolute atomic E-state index is 12.8. The summed E-state index contributed by atoms with van der Waals surface area (Å²) in [6, 6.07) is 16.1. The van der Waals surface area contributed by atoms with Gasteiger partial charge in [-0.25, -0.2) is 4.79 Å². The van der Waals surface area contributed by atoms with Crippen LogP contribution in [0.4, 0.5) is 13.6 Å². The molecular formula is C22H22F2N2O3S.